The highest BCUT2D eigenvalue weighted by Gasteiger charge is 2.29. The molecular weight excluding hydrogens is 312 g/mol. The van der Waals surface area contributed by atoms with Gasteiger partial charge in [-0.15, -0.1) is 0 Å². The summed E-state index contributed by atoms with van der Waals surface area (Å²) < 4.78 is 30.9. The fraction of sp³-hybridized carbons (Fsp3) is 0.294. The summed E-state index contributed by atoms with van der Waals surface area (Å²) in [6.07, 6.45) is 0. The van der Waals surface area contributed by atoms with Gasteiger partial charge in [0.15, 0.2) is 9.84 Å². The van der Waals surface area contributed by atoms with Crippen LogP contribution < -0.4 is 15.4 Å². The number of nitrogens with zero attached hydrogens (tertiary/aromatic N) is 1. The Bertz CT molecular complexity index is 738. The van der Waals surface area contributed by atoms with Crippen molar-refractivity contribution in [2.24, 2.45) is 0 Å². The molecule has 0 radical (unpaired) electrons. The number of benzene rings is 2. The van der Waals surface area contributed by atoms with Gasteiger partial charge in [-0.2, -0.15) is 0 Å². The molecular formula is C17H23N2O3S+. The molecule has 0 saturated heterocycles. The predicted molar refractivity (Wildman–Crippen MR) is 91.4 cm³/mol. The molecule has 0 aliphatic rings. The van der Waals surface area contributed by atoms with Crippen molar-refractivity contribution in [1.29, 1.82) is 0 Å². The Morgan fingerprint density at radius 2 is 1.61 bits per heavy atom. The van der Waals surface area contributed by atoms with Gasteiger partial charge >= 0.3 is 0 Å². The minimum absolute atomic E-state index is 0.273. The van der Waals surface area contributed by atoms with Crippen LogP contribution >= 0.6 is 0 Å². The molecule has 0 saturated carbocycles. The smallest absolute Gasteiger partial charge is 0.190 e. The zero-order chi connectivity index (χ0) is 17.0. The Hall–Kier alpha value is -2.05. The molecule has 0 unspecified atom stereocenters. The second-order valence-corrected chi connectivity index (χ2v) is 7.61. The van der Waals surface area contributed by atoms with E-state index in [4.69, 9.17) is 4.74 Å². The van der Waals surface area contributed by atoms with Crippen molar-refractivity contribution >= 4 is 15.5 Å². The third-order valence-corrected chi connectivity index (χ3v) is 5.99. The highest BCUT2D eigenvalue weighted by atomic mass is 32.2. The van der Waals surface area contributed by atoms with Crippen LogP contribution in [0.25, 0.3) is 0 Å². The highest BCUT2D eigenvalue weighted by molar-refractivity contribution is 7.91. The van der Waals surface area contributed by atoms with Gasteiger partial charge in [0.1, 0.15) is 11.0 Å². The molecule has 0 spiro atoms. The molecule has 2 aromatic carbocycles. The predicted octanol–water partition coefficient (Wildman–Crippen LogP) is 1.52. The average molecular weight is 335 g/mol. The van der Waals surface area contributed by atoms with E-state index in [2.05, 4.69) is 5.73 Å². The van der Waals surface area contributed by atoms with Gasteiger partial charge in [0.05, 0.1) is 18.6 Å². The minimum Gasteiger partial charge on any atom is -0.497 e. The molecule has 6 heteroatoms. The lowest BCUT2D eigenvalue weighted by Crippen LogP contribution is -2.54. The zero-order valence-corrected chi connectivity index (χ0v) is 14.5. The summed E-state index contributed by atoms with van der Waals surface area (Å²) in [7, 11) is 1.95. The van der Waals surface area contributed by atoms with Crippen molar-refractivity contribution in [3.05, 3.63) is 54.1 Å². The molecule has 2 rings (SSSR count). The van der Waals surface area contributed by atoms with Crippen molar-refractivity contribution < 1.29 is 18.9 Å². The number of sulfone groups is 1. The standard InChI is InChI=1S/C17H22N2O3S/c1-19(2)14-6-4-13(5-7-14)17(12-18)23(20,21)16-10-8-15(22-3)9-11-16/h4-11,17H,12,18H2,1-3H3/p+1/t17-/m1/s1. The minimum atomic E-state index is -3.49. The topological polar surface area (TPSA) is 74.2 Å². The Morgan fingerprint density at radius 3 is 2.04 bits per heavy atom. The van der Waals surface area contributed by atoms with E-state index in [-0.39, 0.29) is 11.4 Å². The molecule has 124 valence electrons. The van der Waals surface area contributed by atoms with E-state index >= 15 is 0 Å². The monoisotopic (exact) mass is 335 g/mol. The molecule has 3 N–H and O–H groups in total. The summed E-state index contributed by atoms with van der Waals surface area (Å²) in [4.78, 5) is 2.25. The van der Waals surface area contributed by atoms with Gasteiger partial charge in [-0.1, -0.05) is 12.1 Å². The van der Waals surface area contributed by atoms with E-state index in [0.29, 0.717) is 5.75 Å². The summed E-state index contributed by atoms with van der Waals surface area (Å²) in [5, 5.41) is -0.660. The molecule has 0 aromatic heterocycles. The van der Waals surface area contributed by atoms with Gasteiger partial charge in [-0.05, 0) is 42.0 Å². The lowest BCUT2D eigenvalue weighted by Gasteiger charge is -2.17. The maximum absolute atomic E-state index is 12.9. The molecule has 0 aliphatic carbocycles. The second-order valence-electron chi connectivity index (χ2n) is 5.48. The molecule has 0 fully saturated rings. The molecule has 2 aromatic rings. The van der Waals surface area contributed by atoms with Crippen LogP contribution in [0, 0.1) is 0 Å². The molecule has 0 bridgehead atoms. The fourth-order valence-electron chi connectivity index (χ4n) is 2.42. The third-order valence-electron chi connectivity index (χ3n) is 3.81. The van der Waals surface area contributed by atoms with Gasteiger partial charge in [0.2, 0.25) is 0 Å². The van der Waals surface area contributed by atoms with Crippen molar-refractivity contribution in [3.8, 4) is 5.75 Å². The van der Waals surface area contributed by atoms with Crippen LogP contribution in [0.5, 0.6) is 5.75 Å². The van der Waals surface area contributed by atoms with E-state index in [1.807, 2.05) is 43.3 Å². The molecule has 5 nitrogen and oxygen atoms in total. The molecule has 0 heterocycles. The van der Waals surface area contributed by atoms with Gasteiger partial charge in [0, 0.05) is 19.8 Å². The van der Waals surface area contributed by atoms with E-state index in [1.165, 1.54) is 0 Å². The number of hydrogen-bond donors (Lipinski definition) is 1. The van der Waals surface area contributed by atoms with Gasteiger partial charge in [-0.3, -0.25) is 0 Å². The van der Waals surface area contributed by atoms with Crippen LogP contribution in [-0.4, -0.2) is 36.2 Å². The van der Waals surface area contributed by atoms with Gasteiger partial charge < -0.3 is 15.4 Å². The number of hydrogen-bond acceptors (Lipinski definition) is 4. The Labute approximate surface area is 137 Å². The SMILES string of the molecule is COc1ccc(S(=O)(=O)[C@H](C[NH3+])c2ccc(N(C)C)cc2)cc1. The zero-order valence-electron chi connectivity index (χ0n) is 13.7. The van der Waals surface area contributed by atoms with Crippen LogP contribution in [0.3, 0.4) is 0 Å². The molecule has 1 atom stereocenters. The first kappa shape index (κ1) is 17.3. The summed E-state index contributed by atoms with van der Waals surface area (Å²) in [5.74, 6) is 0.630. The molecule has 23 heavy (non-hydrogen) atoms. The maximum atomic E-state index is 12.9. The van der Waals surface area contributed by atoms with Crippen LogP contribution in [0.2, 0.25) is 0 Å². The maximum Gasteiger partial charge on any atom is 0.190 e. The largest absolute Gasteiger partial charge is 0.497 e. The first-order valence-electron chi connectivity index (χ1n) is 7.34. The van der Waals surface area contributed by atoms with Gasteiger partial charge in [0.25, 0.3) is 0 Å². The highest BCUT2D eigenvalue weighted by Crippen LogP contribution is 2.29. The third kappa shape index (κ3) is 3.65. The van der Waals surface area contributed by atoms with Crippen LogP contribution in [0.15, 0.2) is 53.4 Å². The molecule has 0 aliphatic heterocycles. The summed E-state index contributed by atoms with van der Waals surface area (Å²) >= 11 is 0. The van der Waals surface area contributed by atoms with Crippen LogP contribution in [0.4, 0.5) is 5.69 Å². The molecule has 0 amide bonds. The second kappa shape index (κ2) is 7.02. The number of rotatable bonds is 6. The quantitative estimate of drug-likeness (QED) is 0.868. The average Bonchev–Trinajstić information content (AvgIpc) is 2.56. The first-order valence-corrected chi connectivity index (χ1v) is 8.89. The van der Waals surface area contributed by atoms with E-state index in [0.717, 1.165) is 11.3 Å². The summed E-state index contributed by atoms with van der Waals surface area (Å²) in [6, 6.07) is 14.0. The summed E-state index contributed by atoms with van der Waals surface area (Å²) in [5.41, 5.74) is 5.61. The number of quaternary nitrogens is 1. The number of ether oxygens (including phenoxy) is 1. The first-order chi connectivity index (χ1) is 10.9. The fourth-order valence-corrected chi connectivity index (χ4v) is 4.09. The van der Waals surface area contributed by atoms with Crippen molar-refractivity contribution in [3.63, 3.8) is 0 Å². The number of methoxy groups -OCH3 is 1. The van der Waals surface area contributed by atoms with Crippen LogP contribution in [0.1, 0.15) is 10.8 Å². The van der Waals surface area contributed by atoms with E-state index < -0.39 is 15.1 Å². The lowest BCUT2D eigenvalue weighted by molar-refractivity contribution is -0.367. The lowest BCUT2D eigenvalue weighted by atomic mass is 10.1. The van der Waals surface area contributed by atoms with E-state index in [1.54, 1.807) is 31.4 Å². The van der Waals surface area contributed by atoms with Crippen molar-refractivity contribution in [2.75, 3.05) is 32.6 Å². The summed E-state index contributed by atoms with van der Waals surface area (Å²) in [6.45, 7) is 0.273. The van der Waals surface area contributed by atoms with Crippen LogP contribution in [-0.2, 0) is 9.84 Å². The Balaban J connectivity index is 2.37. The number of anilines is 1. The Kier molecular flexibility index (Phi) is 5.28. The van der Waals surface area contributed by atoms with Crippen molar-refractivity contribution in [1.82, 2.24) is 0 Å². The normalized spacial score (nSPS) is 12.7. The van der Waals surface area contributed by atoms with E-state index in [9.17, 15) is 8.42 Å². The van der Waals surface area contributed by atoms with Crippen molar-refractivity contribution in [2.45, 2.75) is 10.1 Å². The Morgan fingerprint density at radius 1 is 1.04 bits per heavy atom. The van der Waals surface area contributed by atoms with Gasteiger partial charge in [-0.25, -0.2) is 8.42 Å².